The summed E-state index contributed by atoms with van der Waals surface area (Å²) in [4.78, 5) is 31.4. The molecular formula is C20H27N3O2S. The van der Waals surface area contributed by atoms with Gasteiger partial charge in [0.25, 0.3) is 0 Å². The van der Waals surface area contributed by atoms with Crippen LogP contribution in [0, 0.1) is 13.8 Å². The average molecular weight is 374 g/mol. The predicted octanol–water partition coefficient (Wildman–Crippen LogP) is 2.41. The van der Waals surface area contributed by atoms with Crippen LogP contribution in [0.5, 0.6) is 0 Å². The Bertz CT molecular complexity index is 745. The highest BCUT2D eigenvalue weighted by Crippen LogP contribution is 2.47. The number of hydrogen-bond donors (Lipinski definition) is 0. The first kappa shape index (κ1) is 17.7. The Labute approximate surface area is 159 Å². The lowest BCUT2D eigenvalue weighted by Crippen LogP contribution is -2.56. The van der Waals surface area contributed by atoms with E-state index in [1.165, 1.54) is 16.8 Å². The first-order chi connectivity index (χ1) is 12.4. The average Bonchev–Trinajstić information content (AvgIpc) is 3.13. The number of rotatable bonds is 2. The third-order valence-corrected chi connectivity index (χ3v) is 7.74. The zero-order chi connectivity index (χ0) is 18.5. The summed E-state index contributed by atoms with van der Waals surface area (Å²) < 4.78 is 0. The molecule has 0 spiro atoms. The first-order valence-electron chi connectivity index (χ1n) is 9.47. The minimum Gasteiger partial charge on any atom is -0.368 e. The van der Waals surface area contributed by atoms with E-state index in [9.17, 15) is 9.59 Å². The van der Waals surface area contributed by atoms with Crippen LogP contribution in [-0.2, 0) is 9.59 Å². The van der Waals surface area contributed by atoms with Gasteiger partial charge in [0.1, 0.15) is 6.04 Å². The van der Waals surface area contributed by atoms with Gasteiger partial charge in [0.15, 0.2) is 0 Å². The van der Waals surface area contributed by atoms with Gasteiger partial charge < -0.3 is 14.7 Å². The topological polar surface area (TPSA) is 43.9 Å². The predicted molar refractivity (Wildman–Crippen MR) is 105 cm³/mol. The maximum Gasteiger partial charge on any atom is 0.246 e. The van der Waals surface area contributed by atoms with Gasteiger partial charge in [0.05, 0.1) is 4.87 Å². The summed E-state index contributed by atoms with van der Waals surface area (Å²) in [6.45, 7) is 9.56. The molecule has 0 aromatic heterocycles. The normalized spacial score (nSPS) is 28.7. The summed E-state index contributed by atoms with van der Waals surface area (Å²) in [5.74, 6) is 1.01. The number of aryl methyl sites for hydroxylation is 1. The van der Waals surface area contributed by atoms with Gasteiger partial charge in [-0.1, -0.05) is 12.1 Å². The largest absolute Gasteiger partial charge is 0.368 e. The summed E-state index contributed by atoms with van der Waals surface area (Å²) in [5, 5.41) is 0. The Kier molecular flexibility index (Phi) is 4.41. The fourth-order valence-electron chi connectivity index (χ4n) is 4.46. The van der Waals surface area contributed by atoms with Crippen LogP contribution in [0.4, 0.5) is 5.69 Å². The van der Waals surface area contributed by atoms with Crippen molar-refractivity contribution in [3.05, 3.63) is 29.3 Å². The molecule has 0 saturated carbocycles. The Morgan fingerprint density at radius 3 is 2.65 bits per heavy atom. The van der Waals surface area contributed by atoms with Crippen molar-refractivity contribution in [3.63, 3.8) is 0 Å². The van der Waals surface area contributed by atoms with E-state index in [1.54, 1.807) is 11.8 Å². The molecule has 0 aliphatic carbocycles. The van der Waals surface area contributed by atoms with Crippen molar-refractivity contribution >= 4 is 29.3 Å². The Morgan fingerprint density at radius 1 is 1.19 bits per heavy atom. The van der Waals surface area contributed by atoms with Crippen LogP contribution >= 0.6 is 11.8 Å². The number of benzene rings is 1. The second-order valence-corrected chi connectivity index (χ2v) is 9.30. The molecule has 3 aliphatic heterocycles. The van der Waals surface area contributed by atoms with Crippen molar-refractivity contribution in [2.45, 2.75) is 44.5 Å². The number of hydrogen-bond acceptors (Lipinski definition) is 4. The molecule has 3 aliphatic rings. The molecule has 2 unspecified atom stereocenters. The van der Waals surface area contributed by atoms with Crippen molar-refractivity contribution in [1.82, 2.24) is 9.80 Å². The van der Waals surface area contributed by atoms with Gasteiger partial charge in [-0.25, -0.2) is 0 Å². The van der Waals surface area contributed by atoms with Crippen LogP contribution in [0.3, 0.4) is 0 Å². The molecule has 4 rings (SSSR count). The van der Waals surface area contributed by atoms with E-state index >= 15 is 0 Å². The van der Waals surface area contributed by atoms with Crippen LogP contribution in [0.1, 0.15) is 30.9 Å². The Hall–Kier alpha value is -1.69. The smallest absolute Gasteiger partial charge is 0.246 e. The molecule has 1 aromatic carbocycles. The van der Waals surface area contributed by atoms with E-state index in [4.69, 9.17) is 0 Å². The molecule has 140 valence electrons. The number of anilines is 1. The van der Waals surface area contributed by atoms with Crippen LogP contribution in [-0.4, -0.2) is 64.5 Å². The second-order valence-electron chi connectivity index (χ2n) is 7.80. The van der Waals surface area contributed by atoms with Gasteiger partial charge in [-0.2, -0.15) is 0 Å². The first-order valence-corrected chi connectivity index (χ1v) is 10.5. The van der Waals surface area contributed by atoms with Crippen LogP contribution in [0.15, 0.2) is 18.2 Å². The molecule has 2 amide bonds. The monoisotopic (exact) mass is 373 g/mol. The van der Waals surface area contributed by atoms with Crippen molar-refractivity contribution in [2.75, 3.05) is 36.8 Å². The summed E-state index contributed by atoms with van der Waals surface area (Å²) >= 11 is 1.77. The van der Waals surface area contributed by atoms with Crippen molar-refractivity contribution in [2.24, 2.45) is 0 Å². The van der Waals surface area contributed by atoms with Gasteiger partial charge in [0.2, 0.25) is 11.8 Å². The molecule has 6 heteroatoms. The molecule has 0 bridgehead atoms. The molecule has 1 aromatic rings. The number of nitrogens with zero attached hydrogens (tertiary/aromatic N) is 3. The maximum absolute atomic E-state index is 13.1. The number of fused-ring (bicyclic) bond motifs is 1. The SMILES string of the molecule is Cc1cccc(N2CCN(C(=O)C3CSC4(C)CCC(=O)N34)CC2)c1C. The van der Waals surface area contributed by atoms with Gasteiger partial charge in [-0.05, 0) is 44.4 Å². The second kappa shape index (κ2) is 6.48. The molecule has 0 radical (unpaired) electrons. The summed E-state index contributed by atoms with van der Waals surface area (Å²) in [5.41, 5.74) is 3.89. The van der Waals surface area contributed by atoms with Crippen molar-refractivity contribution < 1.29 is 9.59 Å². The van der Waals surface area contributed by atoms with E-state index in [-0.39, 0.29) is 22.7 Å². The van der Waals surface area contributed by atoms with Crippen LogP contribution < -0.4 is 4.90 Å². The van der Waals surface area contributed by atoms with Crippen molar-refractivity contribution in [1.29, 1.82) is 0 Å². The standard InChI is InChI=1S/C20H27N3O2S/c1-14-5-4-6-16(15(14)2)21-9-11-22(12-10-21)19(25)17-13-26-20(3)8-7-18(24)23(17)20/h4-6,17H,7-13H2,1-3H3. The van der Waals surface area contributed by atoms with E-state index < -0.39 is 0 Å². The molecule has 3 fully saturated rings. The minimum atomic E-state index is -0.271. The lowest BCUT2D eigenvalue weighted by Gasteiger charge is -2.39. The fraction of sp³-hybridized carbons (Fsp3) is 0.600. The quantitative estimate of drug-likeness (QED) is 0.799. The molecule has 3 heterocycles. The lowest BCUT2D eigenvalue weighted by molar-refractivity contribution is -0.143. The lowest BCUT2D eigenvalue weighted by atomic mass is 10.1. The Balaban J connectivity index is 1.43. The fourth-order valence-corrected chi connectivity index (χ4v) is 5.88. The van der Waals surface area contributed by atoms with Gasteiger partial charge >= 0.3 is 0 Å². The van der Waals surface area contributed by atoms with E-state index in [1.807, 2.05) is 9.80 Å². The third kappa shape index (κ3) is 2.79. The zero-order valence-electron chi connectivity index (χ0n) is 15.8. The summed E-state index contributed by atoms with van der Waals surface area (Å²) in [7, 11) is 0. The number of carbonyl (C=O) groups is 2. The highest BCUT2D eigenvalue weighted by atomic mass is 32.2. The summed E-state index contributed by atoms with van der Waals surface area (Å²) in [6.07, 6.45) is 1.44. The zero-order valence-corrected chi connectivity index (χ0v) is 16.6. The highest BCUT2D eigenvalue weighted by Gasteiger charge is 2.53. The number of piperazine rings is 1. The van der Waals surface area contributed by atoms with Gasteiger partial charge in [0, 0.05) is 44.0 Å². The molecule has 5 nitrogen and oxygen atoms in total. The van der Waals surface area contributed by atoms with E-state index in [0.717, 1.165) is 38.4 Å². The molecule has 3 saturated heterocycles. The number of thioether (sulfide) groups is 1. The molecule has 26 heavy (non-hydrogen) atoms. The van der Waals surface area contributed by atoms with E-state index in [2.05, 4.69) is 43.9 Å². The van der Waals surface area contributed by atoms with E-state index in [0.29, 0.717) is 6.42 Å². The summed E-state index contributed by atoms with van der Waals surface area (Å²) in [6, 6.07) is 6.14. The maximum atomic E-state index is 13.1. The number of carbonyl (C=O) groups excluding carboxylic acids is 2. The van der Waals surface area contributed by atoms with Crippen molar-refractivity contribution in [3.8, 4) is 0 Å². The molecular weight excluding hydrogens is 346 g/mol. The van der Waals surface area contributed by atoms with Crippen LogP contribution in [0.25, 0.3) is 0 Å². The van der Waals surface area contributed by atoms with Gasteiger partial charge in [-0.15, -0.1) is 11.8 Å². The number of amides is 2. The molecule has 0 N–H and O–H groups in total. The van der Waals surface area contributed by atoms with Crippen LogP contribution in [0.2, 0.25) is 0 Å². The third-order valence-electron chi connectivity index (χ3n) is 6.24. The molecule has 2 atom stereocenters. The van der Waals surface area contributed by atoms with Gasteiger partial charge in [-0.3, -0.25) is 9.59 Å². The highest BCUT2D eigenvalue weighted by molar-refractivity contribution is 8.01. The Morgan fingerprint density at radius 2 is 1.92 bits per heavy atom. The minimum absolute atomic E-state index is 0.136.